The van der Waals surface area contributed by atoms with E-state index in [9.17, 15) is 0 Å². The second kappa shape index (κ2) is 9.64. The van der Waals surface area contributed by atoms with Crippen LogP contribution in [0.4, 0.5) is 0 Å². The Morgan fingerprint density at radius 1 is 1.16 bits per heavy atom. The standard InChI is InChI=1S/C15H25NO3/c1-3-4-10-18-11-12-19-15-13(8-9-16)6-5-7-14(15)17-2/h5-7H,3-4,8-12,16H2,1-2H3. The highest BCUT2D eigenvalue weighted by Crippen LogP contribution is 2.31. The van der Waals surface area contributed by atoms with Crippen LogP contribution in [-0.4, -0.2) is 33.5 Å². The molecule has 0 aromatic heterocycles. The van der Waals surface area contributed by atoms with Crippen molar-refractivity contribution in [3.8, 4) is 11.5 Å². The highest BCUT2D eigenvalue weighted by atomic mass is 16.5. The largest absolute Gasteiger partial charge is 0.493 e. The van der Waals surface area contributed by atoms with Gasteiger partial charge in [-0.2, -0.15) is 0 Å². The van der Waals surface area contributed by atoms with Crippen LogP contribution in [0.15, 0.2) is 18.2 Å². The zero-order valence-corrected chi connectivity index (χ0v) is 12.0. The number of hydrogen-bond acceptors (Lipinski definition) is 4. The molecule has 0 unspecified atom stereocenters. The second-order valence-corrected chi connectivity index (χ2v) is 4.30. The fourth-order valence-corrected chi connectivity index (χ4v) is 1.79. The molecule has 108 valence electrons. The van der Waals surface area contributed by atoms with Crippen molar-refractivity contribution in [2.45, 2.75) is 26.2 Å². The molecule has 0 aliphatic carbocycles. The number of nitrogens with two attached hydrogens (primary N) is 1. The van der Waals surface area contributed by atoms with E-state index in [0.717, 1.165) is 42.9 Å². The summed E-state index contributed by atoms with van der Waals surface area (Å²) < 4.78 is 16.6. The molecule has 1 rings (SSSR count). The van der Waals surface area contributed by atoms with Gasteiger partial charge in [0, 0.05) is 6.61 Å². The van der Waals surface area contributed by atoms with Gasteiger partial charge in [-0.05, 0) is 31.0 Å². The lowest BCUT2D eigenvalue weighted by Crippen LogP contribution is -2.11. The van der Waals surface area contributed by atoms with E-state index in [4.69, 9.17) is 19.9 Å². The number of benzene rings is 1. The first-order valence-corrected chi connectivity index (χ1v) is 6.90. The van der Waals surface area contributed by atoms with Crippen LogP contribution >= 0.6 is 0 Å². The van der Waals surface area contributed by atoms with Crippen molar-refractivity contribution in [3.63, 3.8) is 0 Å². The van der Waals surface area contributed by atoms with Crippen molar-refractivity contribution < 1.29 is 14.2 Å². The third-order valence-electron chi connectivity index (χ3n) is 2.81. The van der Waals surface area contributed by atoms with Crippen LogP contribution in [0.1, 0.15) is 25.3 Å². The van der Waals surface area contributed by atoms with Gasteiger partial charge in [0.2, 0.25) is 0 Å². The number of para-hydroxylation sites is 1. The van der Waals surface area contributed by atoms with Gasteiger partial charge in [-0.25, -0.2) is 0 Å². The molecule has 0 bridgehead atoms. The zero-order valence-electron chi connectivity index (χ0n) is 12.0. The Bertz CT molecular complexity index is 355. The molecule has 0 saturated carbocycles. The fourth-order valence-electron chi connectivity index (χ4n) is 1.79. The number of methoxy groups -OCH3 is 1. The summed E-state index contributed by atoms with van der Waals surface area (Å²) in [5.74, 6) is 1.54. The van der Waals surface area contributed by atoms with Gasteiger partial charge >= 0.3 is 0 Å². The van der Waals surface area contributed by atoms with Crippen LogP contribution in [0.3, 0.4) is 0 Å². The molecule has 19 heavy (non-hydrogen) atoms. The molecule has 4 heteroatoms. The minimum Gasteiger partial charge on any atom is -0.493 e. The average Bonchev–Trinajstić information content (AvgIpc) is 2.44. The summed E-state index contributed by atoms with van der Waals surface area (Å²) in [5, 5.41) is 0. The monoisotopic (exact) mass is 267 g/mol. The van der Waals surface area contributed by atoms with Crippen molar-refractivity contribution in [3.05, 3.63) is 23.8 Å². The summed E-state index contributed by atoms with van der Waals surface area (Å²) in [6.07, 6.45) is 3.02. The van der Waals surface area contributed by atoms with Crippen LogP contribution in [0.25, 0.3) is 0 Å². The van der Waals surface area contributed by atoms with Gasteiger partial charge in [-0.15, -0.1) is 0 Å². The lowest BCUT2D eigenvalue weighted by molar-refractivity contribution is 0.0967. The molecule has 0 amide bonds. The van der Waals surface area contributed by atoms with E-state index >= 15 is 0 Å². The van der Waals surface area contributed by atoms with E-state index in [0.29, 0.717) is 19.8 Å². The molecule has 0 saturated heterocycles. The second-order valence-electron chi connectivity index (χ2n) is 4.30. The predicted octanol–water partition coefficient (Wildman–Crippen LogP) is 2.39. The Hall–Kier alpha value is -1.26. The lowest BCUT2D eigenvalue weighted by atomic mass is 10.1. The van der Waals surface area contributed by atoms with Crippen LogP contribution in [0, 0.1) is 0 Å². The van der Waals surface area contributed by atoms with Gasteiger partial charge in [-0.1, -0.05) is 25.5 Å². The molecular weight excluding hydrogens is 242 g/mol. The molecule has 2 N–H and O–H groups in total. The normalized spacial score (nSPS) is 10.5. The summed E-state index contributed by atoms with van der Waals surface area (Å²) in [7, 11) is 1.65. The first kappa shape index (κ1) is 15.8. The number of hydrogen-bond donors (Lipinski definition) is 1. The maximum Gasteiger partial charge on any atom is 0.164 e. The van der Waals surface area contributed by atoms with Crippen LogP contribution in [-0.2, 0) is 11.2 Å². The van der Waals surface area contributed by atoms with Crippen molar-refractivity contribution in [1.82, 2.24) is 0 Å². The minimum absolute atomic E-state index is 0.529. The number of unbranched alkanes of at least 4 members (excludes halogenated alkanes) is 1. The van der Waals surface area contributed by atoms with E-state index in [1.165, 1.54) is 0 Å². The van der Waals surface area contributed by atoms with Gasteiger partial charge in [-0.3, -0.25) is 0 Å². The van der Waals surface area contributed by atoms with Crippen molar-refractivity contribution >= 4 is 0 Å². The highest BCUT2D eigenvalue weighted by molar-refractivity contribution is 5.46. The Balaban J connectivity index is 2.50. The van der Waals surface area contributed by atoms with Gasteiger partial charge in [0.25, 0.3) is 0 Å². The first-order valence-electron chi connectivity index (χ1n) is 6.90. The highest BCUT2D eigenvalue weighted by Gasteiger charge is 2.09. The summed E-state index contributed by atoms with van der Waals surface area (Å²) in [6, 6.07) is 5.87. The maximum atomic E-state index is 5.79. The van der Waals surface area contributed by atoms with Crippen LogP contribution < -0.4 is 15.2 Å². The Kier molecular flexibility index (Phi) is 8.02. The molecule has 1 aromatic rings. The third kappa shape index (κ3) is 5.49. The summed E-state index contributed by atoms with van der Waals surface area (Å²) >= 11 is 0. The number of ether oxygens (including phenoxy) is 3. The van der Waals surface area contributed by atoms with E-state index in [1.807, 2.05) is 18.2 Å². The topological polar surface area (TPSA) is 53.7 Å². The third-order valence-corrected chi connectivity index (χ3v) is 2.81. The Morgan fingerprint density at radius 3 is 2.68 bits per heavy atom. The molecule has 1 aromatic carbocycles. The number of rotatable bonds is 10. The molecule has 4 nitrogen and oxygen atoms in total. The van der Waals surface area contributed by atoms with E-state index in [-0.39, 0.29) is 0 Å². The van der Waals surface area contributed by atoms with E-state index in [2.05, 4.69) is 6.92 Å². The fraction of sp³-hybridized carbons (Fsp3) is 0.600. The Labute approximate surface area is 115 Å². The lowest BCUT2D eigenvalue weighted by Gasteiger charge is -2.14. The Morgan fingerprint density at radius 2 is 2.00 bits per heavy atom. The molecule has 0 fully saturated rings. The van der Waals surface area contributed by atoms with Gasteiger partial charge in [0.1, 0.15) is 6.61 Å². The van der Waals surface area contributed by atoms with Crippen molar-refractivity contribution in [1.29, 1.82) is 0 Å². The van der Waals surface area contributed by atoms with Crippen molar-refractivity contribution in [2.75, 3.05) is 33.5 Å². The van der Waals surface area contributed by atoms with Gasteiger partial charge in [0.15, 0.2) is 11.5 Å². The van der Waals surface area contributed by atoms with Crippen molar-refractivity contribution in [2.24, 2.45) is 5.73 Å². The maximum absolute atomic E-state index is 5.79. The SMILES string of the molecule is CCCCOCCOc1c(CCN)cccc1OC. The van der Waals surface area contributed by atoms with Gasteiger partial charge in [0.05, 0.1) is 13.7 Å². The van der Waals surface area contributed by atoms with Crippen LogP contribution in [0.2, 0.25) is 0 Å². The molecule has 0 radical (unpaired) electrons. The molecular formula is C15H25NO3. The molecule has 0 aliphatic rings. The molecule has 0 atom stereocenters. The zero-order chi connectivity index (χ0) is 13.9. The molecule has 0 spiro atoms. The van der Waals surface area contributed by atoms with E-state index < -0.39 is 0 Å². The average molecular weight is 267 g/mol. The molecule has 0 heterocycles. The van der Waals surface area contributed by atoms with Crippen LogP contribution in [0.5, 0.6) is 11.5 Å². The molecule has 0 aliphatic heterocycles. The first-order chi connectivity index (χ1) is 9.33. The quantitative estimate of drug-likeness (QED) is 0.661. The predicted molar refractivity (Wildman–Crippen MR) is 77.0 cm³/mol. The minimum atomic E-state index is 0.529. The smallest absolute Gasteiger partial charge is 0.164 e. The summed E-state index contributed by atoms with van der Waals surface area (Å²) in [5.41, 5.74) is 6.69. The van der Waals surface area contributed by atoms with Gasteiger partial charge < -0.3 is 19.9 Å². The summed E-state index contributed by atoms with van der Waals surface area (Å²) in [4.78, 5) is 0. The summed E-state index contributed by atoms with van der Waals surface area (Å²) in [6.45, 7) is 4.66. The van der Waals surface area contributed by atoms with E-state index in [1.54, 1.807) is 7.11 Å².